The highest BCUT2D eigenvalue weighted by Gasteiger charge is 2.47. The Morgan fingerprint density at radius 2 is 2.19 bits per heavy atom. The number of hydrogen-bond donors (Lipinski definition) is 1. The average Bonchev–Trinajstić information content (AvgIpc) is 3.52. The Morgan fingerprint density at radius 3 is 2.97 bits per heavy atom. The molecular weight excluding hydrogens is 410 g/mol. The van der Waals surface area contributed by atoms with Gasteiger partial charge in [0.15, 0.2) is 6.10 Å². The van der Waals surface area contributed by atoms with Crippen molar-refractivity contribution < 1.29 is 19.0 Å². The van der Waals surface area contributed by atoms with Crippen LogP contribution in [0.4, 0.5) is 0 Å². The van der Waals surface area contributed by atoms with Crippen LogP contribution in [-0.2, 0) is 33.0 Å². The zero-order valence-electron chi connectivity index (χ0n) is 18.5. The van der Waals surface area contributed by atoms with Crippen molar-refractivity contribution >= 4 is 5.91 Å². The first-order valence-electron chi connectivity index (χ1n) is 11.5. The second kappa shape index (κ2) is 9.17. The fourth-order valence-corrected chi connectivity index (χ4v) is 5.05. The van der Waals surface area contributed by atoms with E-state index in [0.29, 0.717) is 19.0 Å². The molecule has 2 fully saturated rings. The second-order valence-electron chi connectivity index (χ2n) is 8.83. The molecule has 2 aromatic heterocycles. The predicted octanol–water partition coefficient (Wildman–Crippen LogP) is 1.47. The van der Waals surface area contributed by atoms with Crippen molar-refractivity contribution in [3.63, 3.8) is 0 Å². The van der Waals surface area contributed by atoms with E-state index in [1.807, 2.05) is 12.3 Å². The van der Waals surface area contributed by atoms with E-state index in [9.17, 15) is 4.79 Å². The molecule has 32 heavy (non-hydrogen) atoms. The van der Waals surface area contributed by atoms with Gasteiger partial charge in [0.05, 0.1) is 19.8 Å². The molecule has 2 saturated heterocycles. The molecule has 9 nitrogen and oxygen atoms in total. The van der Waals surface area contributed by atoms with Crippen LogP contribution < -0.4 is 10.1 Å². The van der Waals surface area contributed by atoms with E-state index in [-0.39, 0.29) is 12.0 Å². The van der Waals surface area contributed by atoms with Gasteiger partial charge in [0.25, 0.3) is 5.91 Å². The number of piperidine rings is 1. The zero-order chi connectivity index (χ0) is 22.0. The smallest absolute Gasteiger partial charge is 0.251 e. The van der Waals surface area contributed by atoms with Gasteiger partial charge in [-0.2, -0.15) is 0 Å². The Balaban J connectivity index is 1.25. The maximum Gasteiger partial charge on any atom is 0.251 e. The number of imidazole rings is 1. The molecule has 0 saturated carbocycles. The number of aromatic nitrogens is 3. The van der Waals surface area contributed by atoms with Gasteiger partial charge in [0.1, 0.15) is 11.4 Å². The van der Waals surface area contributed by atoms with Gasteiger partial charge in [-0.15, -0.1) is 0 Å². The fourth-order valence-electron chi connectivity index (χ4n) is 5.05. The van der Waals surface area contributed by atoms with Crippen molar-refractivity contribution in [2.45, 2.75) is 56.6 Å². The number of amides is 1. The Kier molecular flexibility index (Phi) is 6.12. The third-order valence-electron chi connectivity index (χ3n) is 6.77. The molecule has 172 valence electrons. The van der Waals surface area contributed by atoms with Crippen molar-refractivity contribution in [1.29, 1.82) is 0 Å². The summed E-state index contributed by atoms with van der Waals surface area (Å²) in [6.07, 6.45) is 8.71. The van der Waals surface area contributed by atoms with Crippen LogP contribution in [0.15, 0.2) is 30.7 Å². The Hall–Kier alpha value is -2.49. The number of nitrogens with one attached hydrogen (secondary N) is 1. The van der Waals surface area contributed by atoms with Crippen LogP contribution >= 0.6 is 0 Å². The van der Waals surface area contributed by atoms with Gasteiger partial charge in [-0.05, 0) is 31.7 Å². The van der Waals surface area contributed by atoms with Gasteiger partial charge in [0.2, 0.25) is 5.88 Å². The maximum absolute atomic E-state index is 12.9. The Bertz CT molecular complexity index is 934. The zero-order valence-corrected chi connectivity index (χ0v) is 18.5. The van der Waals surface area contributed by atoms with Gasteiger partial charge in [-0.3, -0.25) is 9.69 Å². The number of methoxy groups -OCH3 is 1. The SMILES string of the molecule is COc1ncccc1CN1CCC2(CC1)O[C@H](C(=O)NC[C@@H]1CCCO1)Cn1ccnc12. The molecule has 0 aromatic carbocycles. The molecule has 0 unspecified atom stereocenters. The highest BCUT2D eigenvalue weighted by molar-refractivity contribution is 5.81. The number of rotatable bonds is 6. The van der Waals surface area contributed by atoms with E-state index in [2.05, 4.69) is 30.8 Å². The summed E-state index contributed by atoms with van der Waals surface area (Å²) in [5.74, 6) is 1.53. The van der Waals surface area contributed by atoms with Crippen molar-refractivity contribution in [1.82, 2.24) is 24.8 Å². The maximum atomic E-state index is 12.9. The molecule has 3 aliphatic rings. The Labute approximate surface area is 188 Å². The number of hydrogen-bond acceptors (Lipinski definition) is 7. The van der Waals surface area contributed by atoms with Crippen molar-refractivity contribution in [2.75, 3.05) is 33.4 Å². The number of ether oxygens (including phenoxy) is 3. The first-order chi connectivity index (χ1) is 15.7. The molecule has 5 heterocycles. The van der Waals surface area contributed by atoms with Crippen LogP contribution in [0.5, 0.6) is 5.88 Å². The van der Waals surface area contributed by atoms with Crippen LogP contribution in [0, 0.1) is 0 Å². The van der Waals surface area contributed by atoms with Gasteiger partial charge in [0, 0.05) is 56.9 Å². The van der Waals surface area contributed by atoms with E-state index in [4.69, 9.17) is 14.2 Å². The lowest BCUT2D eigenvalue weighted by Crippen LogP contribution is -2.54. The molecular formula is C23H31N5O4. The summed E-state index contributed by atoms with van der Waals surface area (Å²) in [5, 5.41) is 3.04. The quantitative estimate of drug-likeness (QED) is 0.726. The number of likely N-dealkylation sites (tertiary alicyclic amines) is 1. The molecule has 2 atom stereocenters. The standard InChI is InChI=1S/C23H31N5O4/c1-30-21-17(4-2-8-24-21)15-27-10-6-23(7-11-27)22-25-9-12-28(22)16-19(32-23)20(29)26-14-18-5-3-13-31-18/h2,4,8-9,12,18-19H,3,5-7,10-11,13-16H2,1H3,(H,26,29)/t18-,19-/m0/s1. The van der Waals surface area contributed by atoms with E-state index in [1.165, 1.54) is 0 Å². The first kappa shape index (κ1) is 21.4. The normalized spacial score (nSPS) is 24.9. The third kappa shape index (κ3) is 4.24. The molecule has 1 amide bonds. The molecule has 0 bridgehead atoms. The minimum Gasteiger partial charge on any atom is -0.481 e. The average molecular weight is 442 g/mol. The molecule has 1 spiro atoms. The number of nitrogens with zero attached hydrogens (tertiary/aromatic N) is 4. The predicted molar refractivity (Wildman–Crippen MR) is 116 cm³/mol. The number of carbonyl (C=O) groups excluding carboxylic acids is 1. The molecule has 1 N–H and O–H groups in total. The Morgan fingerprint density at radius 1 is 1.31 bits per heavy atom. The van der Waals surface area contributed by atoms with Crippen LogP contribution in [0.2, 0.25) is 0 Å². The van der Waals surface area contributed by atoms with E-state index in [0.717, 1.165) is 63.3 Å². The second-order valence-corrected chi connectivity index (χ2v) is 8.83. The van der Waals surface area contributed by atoms with E-state index in [1.54, 1.807) is 19.5 Å². The summed E-state index contributed by atoms with van der Waals surface area (Å²) in [7, 11) is 1.65. The van der Waals surface area contributed by atoms with Crippen molar-refractivity contribution in [3.05, 3.63) is 42.1 Å². The summed E-state index contributed by atoms with van der Waals surface area (Å²) < 4.78 is 19.6. The number of pyridine rings is 1. The molecule has 9 heteroatoms. The highest BCUT2D eigenvalue weighted by Crippen LogP contribution is 2.40. The summed E-state index contributed by atoms with van der Waals surface area (Å²) >= 11 is 0. The summed E-state index contributed by atoms with van der Waals surface area (Å²) in [6.45, 7) is 4.27. The van der Waals surface area contributed by atoms with E-state index >= 15 is 0 Å². The first-order valence-corrected chi connectivity index (χ1v) is 11.5. The minimum absolute atomic E-state index is 0.0678. The number of fused-ring (bicyclic) bond motifs is 2. The molecule has 2 aromatic rings. The molecule has 3 aliphatic heterocycles. The monoisotopic (exact) mass is 441 g/mol. The summed E-state index contributed by atoms with van der Waals surface area (Å²) in [4.78, 5) is 24.2. The topological polar surface area (TPSA) is 90.7 Å². The molecule has 0 aliphatic carbocycles. The van der Waals surface area contributed by atoms with E-state index < -0.39 is 11.7 Å². The molecule has 5 rings (SSSR count). The molecule has 0 radical (unpaired) electrons. The third-order valence-corrected chi connectivity index (χ3v) is 6.77. The summed E-state index contributed by atoms with van der Waals surface area (Å²) in [5.41, 5.74) is 0.534. The number of carbonyl (C=O) groups is 1. The lowest BCUT2D eigenvalue weighted by Gasteiger charge is -2.45. The lowest BCUT2D eigenvalue weighted by molar-refractivity contribution is -0.174. The fraction of sp³-hybridized carbons (Fsp3) is 0.609. The van der Waals surface area contributed by atoms with Crippen LogP contribution in [0.3, 0.4) is 0 Å². The van der Waals surface area contributed by atoms with Gasteiger partial charge < -0.3 is 24.1 Å². The highest BCUT2D eigenvalue weighted by atomic mass is 16.5. The van der Waals surface area contributed by atoms with Crippen LogP contribution in [0.1, 0.15) is 37.1 Å². The van der Waals surface area contributed by atoms with Gasteiger partial charge in [-0.1, -0.05) is 6.07 Å². The van der Waals surface area contributed by atoms with Crippen LogP contribution in [0.25, 0.3) is 0 Å². The van der Waals surface area contributed by atoms with Crippen molar-refractivity contribution in [3.8, 4) is 5.88 Å². The van der Waals surface area contributed by atoms with Crippen molar-refractivity contribution in [2.24, 2.45) is 0 Å². The lowest BCUT2D eigenvalue weighted by atomic mass is 9.88. The van der Waals surface area contributed by atoms with Gasteiger partial charge in [-0.25, -0.2) is 9.97 Å². The minimum atomic E-state index is -0.539. The van der Waals surface area contributed by atoms with Crippen LogP contribution in [-0.4, -0.2) is 70.9 Å². The summed E-state index contributed by atoms with van der Waals surface area (Å²) in [6, 6.07) is 3.98. The van der Waals surface area contributed by atoms with Gasteiger partial charge >= 0.3 is 0 Å². The largest absolute Gasteiger partial charge is 0.481 e.